The normalized spacial score (nSPS) is 19.3. The van der Waals surface area contributed by atoms with Crippen LogP contribution in [-0.4, -0.2) is 44.1 Å². The fourth-order valence-electron chi connectivity index (χ4n) is 2.94. The summed E-state index contributed by atoms with van der Waals surface area (Å²) in [6.07, 6.45) is 3.28. The van der Waals surface area contributed by atoms with Crippen molar-refractivity contribution in [1.29, 1.82) is 0 Å². The molecule has 0 unspecified atom stereocenters. The van der Waals surface area contributed by atoms with E-state index in [2.05, 4.69) is 20.5 Å². The summed E-state index contributed by atoms with van der Waals surface area (Å²) in [5, 5.41) is 6.81. The van der Waals surface area contributed by atoms with Crippen LogP contribution in [0.4, 0.5) is 5.69 Å². The molecule has 0 aromatic heterocycles. The number of guanidine groups is 1. The van der Waals surface area contributed by atoms with Crippen LogP contribution in [-0.2, 0) is 0 Å². The summed E-state index contributed by atoms with van der Waals surface area (Å²) in [5.41, 5.74) is 6.98. The van der Waals surface area contributed by atoms with Gasteiger partial charge in [0, 0.05) is 43.5 Å². The van der Waals surface area contributed by atoms with E-state index in [1.165, 1.54) is 0 Å². The zero-order valence-corrected chi connectivity index (χ0v) is 12.7. The van der Waals surface area contributed by atoms with Crippen molar-refractivity contribution < 1.29 is 4.79 Å². The number of amides is 1. The third kappa shape index (κ3) is 3.50. The van der Waals surface area contributed by atoms with E-state index in [1.54, 1.807) is 12.1 Å². The van der Waals surface area contributed by atoms with Gasteiger partial charge < -0.3 is 21.3 Å². The molecule has 6 heteroatoms. The van der Waals surface area contributed by atoms with Crippen molar-refractivity contribution in [1.82, 2.24) is 10.6 Å². The zero-order chi connectivity index (χ0) is 15.4. The monoisotopic (exact) mass is 301 g/mol. The van der Waals surface area contributed by atoms with Crippen LogP contribution < -0.4 is 21.3 Å². The lowest BCUT2D eigenvalue weighted by Gasteiger charge is -2.35. The van der Waals surface area contributed by atoms with Crippen LogP contribution in [0.1, 0.15) is 29.6 Å². The topological polar surface area (TPSA) is 82.8 Å². The number of nitrogens with one attached hydrogen (secondary N) is 2. The van der Waals surface area contributed by atoms with Gasteiger partial charge in [0.25, 0.3) is 0 Å². The molecule has 118 valence electrons. The fourth-order valence-corrected chi connectivity index (χ4v) is 2.94. The number of carbonyl (C=O) groups is 1. The SMILES string of the molecule is NC(=O)c1ccc(N2CCC(NC3=NCCCN3)CC2)cc1. The Bertz CT molecular complexity index is 546. The number of nitrogens with two attached hydrogens (primary N) is 1. The summed E-state index contributed by atoms with van der Waals surface area (Å²) in [4.78, 5) is 17.9. The van der Waals surface area contributed by atoms with E-state index in [-0.39, 0.29) is 5.91 Å². The van der Waals surface area contributed by atoms with Crippen molar-refractivity contribution >= 4 is 17.6 Å². The first kappa shape index (κ1) is 14.7. The Kier molecular flexibility index (Phi) is 4.46. The Morgan fingerprint density at radius 3 is 2.59 bits per heavy atom. The summed E-state index contributed by atoms with van der Waals surface area (Å²) >= 11 is 0. The van der Waals surface area contributed by atoms with Crippen LogP contribution in [0.2, 0.25) is 0 Å². The molecule has 1 amide bonds. The van der Waals surface area contributed by atoms with Gasteiger partial charge in [0.2, 0.25) is 5.91 Å². The molecule has 4 N–H and O–H groups in total. The van der Waals surface area contributed by atoms with Crippen LogP contribution in [0, 0.1) is 0 Å². The second-order valence-electron chi connectivity index (χ2n) is 5.83. The quantitative estimate of drug-likeness (QED) is 0.767. The smallest absolute Gasteiger partial charge is 0.248 e. The van der Waals surface area contributed by atoms with Gasteiger partial charge >= 0.3 is 0 Å². The third-order valence-electron chi connectivity index (χ3n) is 4.25. The van der Waals surface area contributed by atoms with E-state index in [1.807, 2.05) is 12.1 Å². The Morgan fingerprint density at radius 1 is 1.27 bits per heavy atom. The highest BCUT2D eigenvalue weighted by atomic mass is 16.1. The summed E-state index contributed by atoms with van der Waals surface area (Å²) in [6.45, 7) is 3.93. The van der Waals surface area contributed by atoms with Gasteiger partial charge in [-0.15, -0.1) is 0 Å². The summed E-state index contributed by atoms with van der Waals surface area (Å²) < 4.78 is 0. The van der Waals surface area contributed by atoms with Gasteiger partial charge in [-0.2, -0.15) is 0 Å². The van der Waals surface area contributed by atoms with Crippen LogP contribution in [0.5, 0.6) is 0 Å². The molecule has 2 heterocycles. The molecule has 1 aromatic carbocycles. The Labute approximate surface area is 130 Å². The Hall–Kier alpha value is -2.24. The summed E-state index contributed by atoms with van der Waals surface area (Å²) in [5.74, 6) is 0.575. The van der Waals surface area contributed by atoms with E-state index < -0.39 is 0 Å². The van der Waals surface area contributed by atoms with Gasteiger partial charge in [0.05, 0.1) is 0 Å². The molecule has 2 aliphatic heterocycles. The first-order chi connectivity index (χ1) is 10.7. The largest absolute Gasteiger partial charge is 0.371 e. The molecule has 22 heavy (non-hydrogen) atoms. The molecule has 0 atom stereocenters. The molecule has 1 saturated heterocycles. The maximum absolute atomic E-state index is 11.1. The lowest BCUT2D eigenvalue weighted by Crippen LogP contribution is -2.50. The van der Waals surface area contributed by atoms with Crippen molar-refractivity contribution in [2.75, 3.05) is 31.1 Å². The number of hydrogen-bond donors (Lipinski definition) is 3. The highest BCUT2D eigenvalue weighted by Gasteiger charge is 2.20. The van der Waals surface area contributed by atoms with Crippen LogP contribution in [0.15, 0.2) is 29.3 Å². The molecular formula is C16H23N5O. The number of primary amides is 1. The Balaban J connectivity index is 1.52. The summed E-state index contributed by atoms with van der Waals surface area (Å²) in [6, 6.07) is 8.01. The Morgan fingerprint density at radius 2 is 2.00 bits per heavy atom. The van der Waals surface area contributed by atoms with Crippen molar-refractivity contribution in [3.63, 3.8) is 0 Å². The predicted molar refractivity (Wildman–Crippen MR) is 88.3 cm³/mol. The minimum atomic E-state index is -0.379. The van der Waals surface area contributed by atoms with Gasteiger partial charge in [-0.05, 0) is 43.5 Å². The maximum atomic E-state index is 11.1. The minimum Gasteiger partial charge on any atom is -0.371 e. The molecular weight excluding hydrogens is 278 g/mol. The number of hydrogen-bond acceptors (Lipinski definition) is 5. The molecule has 0 spiro atoms. The van der Waals surface area contributed by atoms with Gasteiger partial charge in [0.15, 0.2) is 5.96 Å². The van der Waals surface area contributed by atoms with Crippen molar-refractivity contribution in [2.45, 2.75) is 25.3 Å². The molecule has 3 rings (SSSR count). The highest BCUT2D eigenvalue weighted by molar-refractivity contribution is 5.93. The van der Waals surface area contributed by atoms with Crippen LogP contribution >= 0.6 is 0 Å². The number of benzene rings is 1. The minimum absolute atomic E-state index is 0.379. The van der Waals surface area contributed by atoms with Crippen LogP contribution in [0.25, 0.3) is 0 Å². The molecule has 1 fully saturated rings. The molecule has 2 aliphatic rings. The second-order valence-corrected chi connectivity index (χ2v) is 5.83. The number of piperidine rings is 1. The number of anilines is 1. The molecule has 6 nitrogen and oxygen atoms in total. The fraction of sp³-hybridized carbons (Fsp3) is 0.500. The maximum Gasteiger partial charge on any atom is 0.248 e. The van der Waals surface area contributed by atoms with E-state index in [0.29, 0.717) is 11.6 Å². The van der Waals surface area contributed by atoms with Gasteiger partial charge in [-0.3, -0.25) is 9.79 Å². The highest BCUT2D eigenvalue weighted by Crippen LogP contribution is 2.20. The average molecular weight is 301 g/mol. The predicted octanol–water partition coefficient (Wildman–Crippen LogP) is 0.693. The van der Waals surface area contributed by atoms with Crippen LogP contribution in [0.3, 0.4) is 0 Å². The van der Waals surface area contributed by atoms with Gasteiger partial charge in [-0.25, -0.2) is 0 Å². The zero-order valence-electron chi connectivity index (χ0n) is 12.7. The molecule has 1 aromatic rings. The molecule has 0 bridgehead atoms. The van der Waals surface area contributed by atoms with E-state index in [4.69, 9.17) is 5.73 Å². The number of rotatable bonds is 3. The molecule has 0 saturated carbocycles. The van der Waals surface area contributed by atoms with E-state index >= 15 is 0 Å². The summed E-state index contributed by atoms with van der Waals surface area (Å²) in [7, 11) is 0. The van der Waals surface area contributed by atoms with Crippen molar-refractivity contribution in [3.05, 3.63) is 29.8 Å². The number of nitrogens with zero attached hydrogens (tertiary/aromatic N) is 2. The van der Waals surface area contributed by atoms with Gasteiger partial charge in [0.1, 0.15) is 0 Å². The number of aliphatic imine (C=N–C) groups is 1. The lowest BCUT2D eigenvalue weighted by atomic mass is 10.0. The van der Waals surface area contributed by atoms with Gasteiger partial charge in [-0.1, -0.05) is 0 Å². The average Bonchev–Trinajstić information content (AvgIpc) is 2.57. The van der Waals surface area contributed by atoms with Crippen molar-refractivity contribution in [2.24, 2.45) is 10.7 Å². The molecule has 0 radical (unpaired) electrons. The molecule has 0 aliphatic carbocycles. The van der Waals surface area contributed by atoms with E-state index in [0.717, 1.165) is 57.1 Å². The first-order valence-electron chi connectivity index (χ1n) is 7.92. The lowest BCUT2D eigenvalue weighted by molar-refractivity contribution is 0.100. The third-order valence-corrected chi connectivity index (χ3v) is 4.25. The van der Waals surface area contributed by atoms with Crippen molar-refractivity contribution in [3.8, 4) is 0 Å². The van der Waals surface area contributed by atoms with E-state index in [9.17, 15) is 4.79 Å². The second kappa shape index (κ2) is 6.68. The number of carbonyl (C=O) groups excluding carboxylic acids is 1. The first-order valence-corrected chi connectivity index (χ1v) is 7.92. The standard InChI is InChI=1S/C16H23N5O/c17-15(22)12-2-4-14(5-3-12)21-10-6-13(7-11-21)20-16-18-8-1-9-19-16/h2-5,13H,1,6-11H2,(H2,17,22)(H2,18,19,20).